The van der Waals surface area contributed by atoms with Gasteiger partial charge < -0.3 is 4.90 Å². The van der Waals surface area contributed by atoms with Crippen LogP contribution in [0.4, 0.5) is 5.69 Å². The fraction of sp³-hybridized carbons (Fsp3) is 0.625. The number of hydrogen-bond donors (Lipinski definition) is 0. The van der Waals surface area contributed by atoms with Crippen LogP contribution in [0.15, 0.2) is 24.3 Å². The predicted molar refractivity (Wildman–Crippen MR) is 84.2 cm³/mol. The molecule has 0 unspecified atom stereocenters. The molecule has 1 aromatic rings. The van der Waals surface area contributed by atoms with Crippen LogP contribution in [0, 0.1) is 5.92 Å². The Hall–Kier alpha value is -0.730. The summed E-state index contributed by atoms with van der Waals surface area (Å²) < 4.78 is 0. The molecule has 0 atom stereocenters. The zero-order chi connectivity index (χ0) is 13.7. The second-order valence-corrected chi connectivity index (χ2v) is 6.28. The molecule has 0 radical (unpaired) electrons. The number of rotatable bonds is 5. The summed E-state index contributed by atoms with van der Waals surface area (Å²) in [4.78, 5) is 5.05. The quantitative estimate of drug-likeness (QED) is 0.807. The monoisotopic (exact) mass is 280 g/mol. The molecule has 1 aliphatic heterocycles. The molecule has 0 saturated carbocycles. The zero-order valence-electron chi connectivity index (χ0n) is 12.1. The lowest BCUT2D eigenvalue weighted by Crippen LogP contribution is -2.46. The van der Waals surface area contributed by atoms with Gasteiger partial charge in [0.05, 0.1) is 0 Å². The third-order valence-corrected chi connectivity index (χ3v) is 4.07. The van der Waals surface area contributed by atoms with E-state index in [4.69, 9.17) is 11.6 Å². The van der Waals surface area contributed by atoms with Crippen LogP contribution in [0.25, 0.3) is 0 Å². The maximum absolute atomic E-state index is 5.93. The van der Waals surface area contributed by atoms with Gasteiger partial charge in [-0.05, 0) is 49.6 Å². The van der Waals surface area contributed by atoms with Crippen LogP contribution in [0.1, 0.15) is 26.7 Å². The molecule has 19 heavy (non-hydrogen) atoms. The first-order valence-electron chi connectivity index (χ1n) is 7.38. The number of piperazine rings is 1. The van der Waals surface area contributed by atoms with E-state index in [0.717, 1.165) is 24.0 Å². The highest BCUT2D eigenvalue weighted by atomic mass is 35.5. The second-order valence-electron chi connectivity index (χ2n) is 5.84. The van der Waals surface area contributed by atoms with Crippen LogP contribution in [-0.4, -0.2) is 37.6 Å². The Bertz CT molecular complexity index is 367. The lowest BCUT2D eigenvalue weighted by Gasteiger charge is -2.36. The van der Waals surface area contributed by atoms with Gasteiger partial charge in [-0.3, -0.25) is 4.90 Å². The van der Waals surface area contributed by atoms with Crippen LogP contribution in [0.3, 0.4) is 0 Å². The van der Waals surface area contributed by atoms with E-state index in [9.17, 15) is 0 Å². The third kappa shape index (κ3) is 4.70. The predicted octanol–water partition coefficient (Wildman–Crippen LogP) is 3.90. The Morgan fingerprint density at radius 2 is 1.68 bits per heavy atom. The first-order valence-corrected chi connectivity index (χ1v) is 7.76. The molecule has 0 spiro atoms. The molecule has 0 amide bonds. The largest absolute Gasteiger partial charge is 0.369 e. The van der Waals surface area contributed by atoms with Gasteiger partial charge in [-0.25, -0.2) is 0 Å². The van der Waals surface area contributed by atoms with Gasteiger partial charge in [0.25, 0.3) is 0 Å². The minimum Gasteiger partial charge on any atom is -0.369 e. The van der Waals surface area contributed by atoms with Gasteiger partial charge in [0.1, 0.15) is 0 Å². The van der Waals surface area contributed by atoms with Crippen molar-refractivity contribution in [1.29, 1.82) is 0 Å². The molecular formula is C16H25ClN2. The highest BCUT2D eigenvalue weighted by molar-refractivity contribution is 6.30. The zero-order valence-corrected chi connectivity index (χ0v) is 12.9. The molecular weight excluding hydrogens is 256 g/mol. The third-order valence-electron chi connectivity index (χ3n) is 3.82. The van der Waals surface area contributed by atoms with E-state index in [1.807, 2.05) is 12.1 Å². The standard InChI is InChI=1S/C16H25ClN2/c1-14(2)4-3-9-18-10-12-19(13-11-18)16-7-5-15(17)6-8-16/h5-8,14H,3-4,9-13H2,1-2H3. The van der Waals surface area contributed by atoms with Crippen molar-refractivity contribution in [3.63, 3.8) is 0 Å². The maximum Gasteiger partial charge on any atom is 0.0407 e. The first kappa shape index (κ1) is 14.7. The van der Waals surface area contributed by atoms with E-state index in [1.54, 1.807) is 0 Å². The van der Waals surface area contributed by atoms with Crippen molar-refractivity contribution in [3.8, 4) is 0 Å². The first-order chi connectivity index (χ1) is 9.15. The van der Waals surface area contributed by atoms with E-state index in [-0.39, 0.29) is 0 Å². The van der Waals surface area contributed by atoms with Crippen LogP contribution < -0.4 is 4.90 Å². The number of hydrogen-bond acceptors (Lipinski definition) is 2. The molecule has 0 bridgehead atoms. The summed E-state index contributed by atoms with van der Waals surface area (Å²) in [7, 11) is 0. The molecule has 1 saturated heterocycles. The van der Waals surface area contributed by atoms with Crippen molar-refractivity contribution in [2.75, 3.05) is 37.6 Å². The van der Waals surface area contributed by atoms with Crippen LogP contribution >= 0.6 is 11.6 Å². The van der Waals surface area contributed by atoms with Gasteiger partial charge in [0.2, 0.25) is 0 Å². The van der Waals surface area contributed by atoms with Gasteiger partial charge in [-0.2, -0.15) is 0 Å². The molecule has 0 aromatic heterocycles. The topological polar surface area (TPSA) is 6.48 Å². The van der Waals surface area contributed by atoms with Gasteiger partial charge in [0, 0.05) is 36.9 Å². The number of benzene rings is 1. The van der Waals surface area contributed by atoms with Crippen molar-refractivity contribution in [3.05, 3.63) is 29.3 Å². The number of anilines is 1. The highest BCUT2D eigenvalue weighted by Crippen LogP contribution is 2.19. The van der Waals surface area contributed by atoms with Gasteiger partial charge in [-0.1, -0.05) is 25.4 Å². The fourth-order valence-corrected chi connectivity index (χ4v) is 2.73. The van der Waals surface area contributed by atoms with Crippen molar-refractivity contribution in [2.24, 2.45) is 5.92 Å². The molecule has 1 aromatic carbocycles. The molecule has 0 N–H and O–H groups in total. The van der Waals surface area contributed by atoms with Gasteiger partial charge in [0.15, 0.2) is 0 Å². The molecule has 106 valence electrons. The number of halogens is 1. The summed E-state index contributed by atoms with van der Waals surface area (Å²) in [6.45, 7) is 10.5. The maximum atomic E-state index is 5.93. The van der Waals surface area contributed by atoms with Gasteiger partial charge >= 0.3 is 0 Å². The van der Waals surface area contributed by atoms with Crippen LogP contribution in [0.5, 0.6) is 0 Å². The Labute approximate surface area is 122 Å². The Balaban J connectivity index is 1.74. The summed E-state index contributed by atoms with van der Waals surface area (Å²) in [5.41, 5.74) is 1.30. The van der Waals surface area contributed by atoms with Crippen molar-refractivity contribution >= 4 is 17.3 Å². The average Bonchev–Trinajstić information content (AvgIpc) is 2.40. The molecule has 2 nitrogen and oxygen atoms in total. The lowest BCUT2D eigenvalue weighted by molar-refractivity contribution is 0.248. The van der Waals surface area contributed by atoms with E-state index in [2.05, 4.69) is 35.8 Å². The minimum absolute atomic E-state index is 0.816. The highest BCUT2D eigenvalue weighted by Gasteiger charge is 2.16. The number of nitrogens with zero attached hydrogens (tertiary/aromatic N) is 2. The van der Waals surface area contributed by atoms with Crippen molar-refractivity contribution in [1.82, 2.24) is 4.90 Å². The molecule has 2 rings (SSSR count). The summed E-state index contributed by atoms with van der Waals surface area (Å²) in [5, 5.41) is 0.816. The summed E-state index contributed by atoms with van der Waals surface area (Å²) in [6.07, 6.45) is 2.68. The smallest absolute Gasteiger partial charge is 0.0407 e. The Morgan fingerprint density at radius 3 is 2.26 bits per heavy atom. The van der Waals surface area contributed by atoms with Crippen LogP contribution in [-0.2, 0) is 0 Å². The van der Waals surface area contributed by atoms with E-state index < -0.39 is 0 Å². The summed E-state index contributed by atoms with van der Waals surface area (Å²) >= 11 is 5.93. The Morgan fingerprint density at radius 1 is 1.05 bits per heavy atom. The van der Waals surface area contributed by atoms with Crippen molar-refractivity contribution < 1.29 is 0 Å². The summed E-state index contributed by atoms with van der Waals surface area (Å²) in [6, 6.07) is 8.20. The molecule has 1 heterocycles. The minimum atomic E-state index is 0.816. The van der Waals surface area contributed by atoms with Crippen LogP contribution in [0.2, 0.25) is 5.02 Å². The summed E-state index contributed by atoms with van der Waals surface area (Å²) in [5.74, 6) is 0.829. The molecule has 3 heteroatoms. The van der Waals surface area contributed by atoms with Crippen molar-refractivity contribution in [2.45, 2.75) is 26.7 Å². The van der Waals surface area contributed by atoms with E-state index in [1.165, 1.54) is 38.2 Å². The normalized spacial score (nSPS) is 17.2. The van der Waals surface area contributed by atoms with Gasteiger partial charge in [-0.15, -0.1) is 0 Å². The average molecular weight is 281 g/mol. The molecule has 0 aliphatic carbocycles. The Kier molecular flexibility index (Phi) is 5.53. The SMILES string of the molecule is CC(C)CCCN1CCN(c2ccc(Cl)cc2)CC1. The molecule has 1 aliphatic rings. The second kappa shape index (κ2) is 7.16. The van der Waals surface area contributed by atoms with E-state index >= 15 is 0 Å². The fourth-order valence-electron chi connectivity index (χ4n) is 2.60. The van der Waals surface area contributed by atoms with E-state index in [0.29, 0.717) is 0 Å². The lowest BCUT2D eigenvalue weighted by atomic mass is 10.1. The molecule has 1 fully saturated rings.